The van der Waals surface area contributed by atoms with Crippen LogP contribution >= 0.6 is 0 Å². The zero-order valence-corrected chi connectivity index (χ0v) is 16.8. The highest BCUT2D eigenvalue weighted by Crippen LogP contribution is 2.24. The first kappa shape index (κ1) is 21.3. The van der Waals surface area contributed by atoms with Crippen LogP contribution < -0.4 is 10.1 Å². The van der Waals surface area contributed by atoms with Gasteiger partial charge in [-0.05, 0) is 23.3 Å². The quantitative estimate of drug-likeness (QED) is 0.600. The average Bonchev–Trinajstić information content (AvgIpc) is 3.53. The Labute approximate surface area is 174 Å². The van der Waals surface area contributed by atoms with E-state index >= 15 is 0 Å². The van der Waals surface area contributed by atoms with Gasteiger partial charge in [0, 0.05) is 20.5 Å². The number of carboxylic acid groups (broad SMARTS) is 1. The van der Waals surface area contributed by atoms with Crippen molar-refractivity contribution in [1.29, 1.82) is 0 Å². The van der Waals surface area contributed by atoms with Crippen LogP contribution in [-0.4, -0.2) is 60.1 Å². The molecule has 158 valence electrons. The molecule has 1 aliphatic heterocycles. The summed E-state index contributed by atoms with van der Waals surface area (Å²) in [6, 6.07) is 15.6. The van der Waals surface area contributed by atoms with Gasteiger partial charge in [0.05, 0.1) is 0 Å². The Hall–Kier alpha value is -3.39. The number of nitrogens with one attached hydrogen (secondary N) is 1. The van der Waals surface area contributed by atoms with E-state index in [1.165, 1.54) is 4.90 Å². The van der Waals surface area contributed by atoms with Crippen molar-refractivity contribution in [3.63, 3.8) is 0 Å². The normalized spacial score (nSPS) is 18.2. The molecule has 3 rings (SSSR count). The minimum absolute atomic E-state index is 0.0963. The number of carboxylic acids is 1. The Kier molecular flexibility index (Phi) is 6.68. The molecule has 3 atom stereocenters. The summed E-state index contributed by atoms with van der Waals surface area (Å²) in [6.45, 7) is 0.433. The van der Waals surface area contributed by atoms with Crippen molar-refractivity contribution in [3.8, 4) is 5.75 Å². The van der Waals surface area contributed by atoms with E-state index in [0.29, 0.717) is 12.4 Å². The van der Waals surface area contributed by atoms with Crippen molar-refractivity contribution >= 4 is 17.8 Å². The van der Waals surface area contributed by atoms with Gasteiger partial charge in [0.1, 0.15) is 18.4 Å². The Bertz CT molecular complexity index is 898. The largest absolute Gasteiger partial charge is 0.489 e. The van der Waals surface area contributed by atoms with Crippen molar-refractivity contribution < 1.29 is 29.0 Å². The summed E-state index contributed by atoms with van der Waals surface area (Å²) < 4.78 is 10.8. The number of hydrogen-bond donors (Lipinski definition) is 2. The van der Waals surface area contributed by atoms with Crippen LogP contribution in [0.5, 0.6) is 5.75 Å². The minimum atomic E-state index is -1.16. The SMILES string of the molecule is CN(C)C(=O)[C@H]1O[C@@H]1C(=O)N[C@@H](Cc1ccc(OCc2ccccc2)cc1)C(=O)O. The summed E-state index contributed by atoms with van der Waals surface area (Å²) in [5, 5.41) is 11.9. The second kappa shape index (κ2) is 9.41. The van der Waals surface area contributed by atoms with E-state index in [2.05, 4.69) is 5.32 Å². The molecule has 0 aliphatic carbocycles. The van der Waals surface area contributed by atoms with Crippen LogP contribution in [0.4, 0.5) is 0 Å². The van der Waals surface area contributed by atoms with Crippen LogP contribution in [-0.2, 0) is 32.1 Å². The lowest BCUT2D eigenvalue weighted by Crippen LogP contribution is -2.45. The molecule has 30 heavy (non-hydrogen) atoms. The lowest BCUT2D eigenvalue weighted by atomic mass is 10.1. The van der Waals surface area contributed by atoms with E-state index in [4.69, 9.17) is 9.47 Å². The number of carbonyl (C=O) groups is 3. The van der Waals surface area contributed by atoms with Gasteiger partial charge in [-0.25, -0.2) is 4.79 Å². The second-order valence-corrected chi connectivity index (χ2v) is 7.23. The molecular formula is C22H24N2O6. The maximum atomic E-state index is 12.2. The molecule has 2 aromatic rings. The fraction of sp³-hybridized carbons (Fsp3) is 0.318. The molecule has 1 heterocycles. The molecule has 2 N–H and O–H groups in total. The van der Waals surface area contributed by atoms with Crippen LogP contribution in [0.1, 0.15) is 11.1 Å². The van der Waals surface area contributed by atoms with Gasteiger partial charge < -0.3 is 24.8 Å². The van der Waals surface area contributed by atoms with Crippen LogP contribution in [0.25, 0.3) is 0 Å². The highest BCUT2D eigenvalue weighted by molar-refractivity contribution is 5.96. The van der Waals surface area contributed by atoms with E-state index in [1.54, 1.807) is 38.4 Å². The number of ether oxygens (including phenoxy) is 2. The van der Waals surface area contributed by atoms with Crippen LogP contribution in [0, 0.1) is 0 Å². The lowest BCUT2D eigenvalue weighted by molar-refractivity contribution is -0.141. The maximum absolute atomic E-state index is 12.2. The van der Waals surface area contributed by atoms with E-state index in [0.717, 1.165) is 11.1 Å². The third kappa shape index (κ3) is 5.57. The van der Waals surface area contributed by atoms with Crippen molar-refractivity contribution in [1.82, 2.24) is 10.2 Å². The Balaban J connectivity index is 1.53. The Morgan fingerprint density at radius 1 is 1.03 bits per heavy atom. The number of hydrogen-bond acceptors (Lipinski definition) is 5. The number of carbonyl (C=O) groups excluding carboxylic acids is 2. The van der Waals surface area contributed by atoms with Gasteiger partial charge in [0.25, 0.3) is 11.8 Å². The van der Waals surface area contributed by atoms with Gasteiger partial charge in [-0.3, -0.25) is 9.59 Å². The third-order valence-corrected chi connectivity index (χ3v) is 4.66. The summed E-state index contributed by atoms with van der Waals surface area (Å²) in [5.74, 6) is -1.43. The Morgan fingerprint density at radius 2 is 1.70 bits per heavy atom. The summed E-state index contributed by atoms with van der Waals surface area (Å²) in [5.41, 5.74) is 1.77. The molecule has 2 aromatic carbocycles. The number of epoxide rings is 1. The molecule has 0 saturated carbocycles. The molecule has 8 nitrogen and oxygen atoms in total. The molecule has 0 unspecified atom stereocenters. The van der Waals surface area contributed by atoms with Crippen LogP contribution in [0.3, 0.4) is 0 Å². The molecular weight excluding hydrogens is 388 g/mol. The van der Waals surface area contributed by atoms with E-state index in [-0.39, 0.29) is 12.3 Å². The first-order chi connectivity index (χ1) is 14.3. The van der Waals surface area contributed by atoms with Crippen molar-refractivity contribution in [2.75, 3.05) is 14.1 Å². The molecule has 1 saturated heterocycles. The third-order valence-electron chi connectivity index (χ3n) is 4.66. The van der Waals surface area contributed by atoms with Crippen LogP contribution in [0.15, 0.2) is 54.6 Å². The molecule has 0 bridgehead atoms. The second-order valence-electron chi connectivity index (χ2n) is 7.23. The number of benzene rings is 2. The highest BCUT2D eigenvalue weighted by Gasteiger charge is 2.51. The van der Waals surface area contributed by atoms with Gasteiger partial charge >= 0.3 is 5.97 Å². The average molecular weight is 412 g/mol. The fourth-order valence-electron chi connectivity index (χ4n) is 2.91. The van der Waals surface area contributed by atoms with Gasteiger partial charge in [0.2, 0.25) is 0 Å². The number of amides is 2. The predicted molar refractivity (Wildman–Crippen MR) is 108 cm³/mol. The zero-order valence-electron chi connectivity index (χ0n) is 16.8. The smallest absolute Gasteiger partial charge is 0.326 e. The molecule has 0 radical (unpaired) electrons. The fourth-order valence-corrected chi connectivity index (χ4v) is 2.91. The number of aliphatic carboxylic acids is 1. The summed E-state index contributed by atoms with van der Waals surface area (Å²) in [7, 11) is 3.12. The van der Waals surface area contributed by atoms with Gasteiger partial charge in [-0.15, -0.1) is 0 Å². The number of rotatable bonds is 9. The predicted octanol–water partition coefficient (Wildman–Crippen LogP) is 1.23. The first-order valence-electron chi connectivity index (χ1n) is 9.50. The molecule has 0 aromatic heterocycles. The van der Waals surface area contributed by atoms with Gasteiger partial charge in [-0.2, -0.15) is 0 Å². The first-order valence-corrected chi connectivity index (χ1v) is 9.50. The summed E-state index contributed by atoms with van der Waals surface area (Å²) in [6.07, 6.45) is -1.70. The maximum Gasteiger partial charge on any atom is 0.326 e. The minimum Gasteiger partial charge on any atom is -0.489 e. The van der Waals surface area contributed by atoms with Gasteiger partial charge in [0.15, 0.2) is 12.2 Å². The zero-order chi connectivity index (χ0) is 21.7. The molecule has 2 amide bonds. The van der Waals surface area contributed by atoms with E-state index in [9.17, 15) is 19.5 Å². The van der Waals surface area contributed by atoms with Gasteiger partial charge in [-0.1, -0.05) is 42.5 Å². The van der Waals surface area contributed by atoms with Crippen LogP contribution in [0.2, 0.25) is 0 Å². The van der Waals surface area contributed by atoms with E-state index in [1.807, 2.05) is 30.3 Å². The topological polar surface area (TPSA) is 108 Å². The standard InChI is InChI=1S/C22H24N2O6/c1-24(2)21(26)19-18(30-19)20(25)23-17(22(27)28)12-14-8-10-16(11-9-14)29-13-15-6-4-3-5-7-15/h3-11,17-19H,12-13H2,1-2H3,(H,23,25)(H,27,28)/t17-,18-,19-/m0/s1. The highest BCUT2D eigenvalue weighted by atomic mass is 16.6. The van der Waals surface area contributed by atoms with Crippen molar-refractivity contribution in [2.24, 2.45) is 0 Å². The molecule has 1 fully saturated rings. The van der Waals surface area contributed by atoms with E-state index < -0.39 is 30.1 Å². The van der Waals surface area contributed by atoms with Crippen molar-refractivity contribution in [3.05, 3.63) is 65.7 Å². The molecule has 8 heteroatoms. The Morgan fingerprint density at radius 3 is 2.30 bits per heavy atom. The molecule has 0 spiro atoms. The number of likely N-dealkylation sites (N-methyl/N-ethyl adjacent to an activating group) is 1. The monoisotopic (exact) mass is 412 g/mol. The van der Waals surface area contributed by atoms with Crippen molar-refractivity contribution in [2.45, 2.75) is 31.3 Å². The summed E-state index contributed by atoms with van der Waals surface area (Å²) >= 11 is 0. The number of nitrogens with zero attached hydrogens (tertiary/aromatic N) is 1. The summed E-state index contributed by atoms with van der Waals surface area (Å²) in [4.78, 5) is 36.9. The molecule has 1 aliphatic rings. The lowest BCUT2D eigenvalue weighted by Gasteiger charge is -2.14.